The minimum absolute atomic E-state index is 0.0540. The molecule has 7 heteroatoms. The fraction of sp³-hybridized carbons (Fsp3) is 0.429. The van der Waals surface area contributed by atoms with Crippen LogP contribution in [0.4, 0.5) is 0 Å². The molecule has 0 spiro atoms. The van der Waals surface area contributed by atoms with Crippen molar-refractivity contribution < 1.29 is 0 Å². The van der Waals surface area contributed by atoms with E-state index in [0.29, 0.717) is 13.1 Å². The average molecular weight is 473 g/mol. The molecule has 0 radical (unpaired) electrons. The van der Waals surface area contributed by atoms with Gasteiger partial charge in [0.25, 0.3) is 5.56 Å². The zero-order chi connectivity index (χ0) is 25.3. The Bertz CT molecular complexity index is 1380. The summed E-state index contributed by atoms with van der Waals surface area (Å²) in [5.41, 5.74) is 6.02. The standard InChI is InChI=1S/C28H36N6O/c1-8-25(26-30-31-32-34(26)28(5,6)7)33(16-21-11-9-18(2)10-12-21)17-22-15-23-20(4)13-19(3)14-24(23)29-27(22)35/h9-15,25H,8,16-17H2,1-7H3,(H,29,35). The summed E-state index contributed by atoms with van der Waals surface area (Å²) in [6.07, 6.45) is 0.812. The monoisotopic (exact) mass is 472 g/mol. The Morgan fingerprint density at radius 1 is 1.00 bits per heavy atom. The molecule has 35 heavy (non-hydrogen) atoms. The Morgan fingerprint density at radius 2 is 1.71 bits per heavy atom. The molecule has 0 amide bonds. The van der Waals surface area contributed by atoms with E-state index < -0.39 is 0 Å². The zero-order valence-corrected chi connectivity index (χ0v) is 21.9. The summed E-state index contributed by atoms with van der Waals surface area (Å²) in [7, 11) is 0. The van der Waals surface area contributed by atoms with Crippen molar-refractivity contribution in [2.75, 3.05) is 0 Å². The lowest BCUT2D eigenvalue weighted by Crippen LogP contribution is -2.35. The number of aromatic nitrogens is 5. The minimum atomic E-state index is -0.253. The van der Waals surface area contributed by atoms with Gasteiger partial charge in [0, 0.05) is 29.6 Å². The molecule has 7 nitrogen and oxygen atoms in total. The number of nitrogens with zero attached hydrogens (tertiary/aromatic N) is 5. The molecule has 2 aromatic heterocycles. The third-order valence-electron chi connectivity index (χ3n) is 6.52. The maximum absolute atomic E-state index is 13.2. The molecule has 184 valence electrons. The van der Waals surface area contributed by atoms with E-state index >= 15 is 0 Å². The first-order valence-electron chi connectivity index (χ1n) is 12.3. The highest BCUT2D eigenvalue weighted by molar-refractivity contribution is 5.83. The largest absolute Gasteiger partial charge is 0.322 e. The van der Waals surface area contributed by atoms with Crippen molar-refractivity contribution in [3.63, 3.8) is 0 Å². The molecule has 0 saturated heterocycles. The van der Waals surface area contributed by atoms with Gasteiger partial charge in [0.1, 0.15) is 0 Å². The summed E-state index contributed by atoms with van der Waals surface area (Å²) >= 11 is 0. The van der Waals surface area contributed by atoms with Crippen molar-refractivity contribution in [2.45, 2.75) is 79.6 Å². The summed E-state index contributed by atoms with van der Waals surface area (Å²) in [5.74, 6) is 0.816. The van der Waals surface area contributed by atoms with Gasteiger partial charge < -0.3 is 4.98 Å². The summed E-state index contributed by atoms with van der Waals surface area (Å²) in [4.78, 5) is 18.6. The van der Waals surface area contributed by atoms with Gasteiger partial charge in [0.2, 0.25) is 0 Å². The van der Waals surface area contributed by atoms with E-state index in [1.54, 1.807) is 0 Å². The maximum atomic E-state index is 13.2. The molecule has 0 bridgehead atoms. The van der Waals surface area contributed by atoms with Gasteiger partial charge in [0.05, 0.1) is 11.6 Å². The molecular formula is C28H36N6O. The Kier molecular flexibility index (Phi) is 6.90. The molecule has 0 saturated carbocycles. The predicted molar refractivity (Wildman–Crippen MR) is 140 cm³/mol. The fourth-order valence-electron chi connectivity index (χ4n) is 4.74. The lowest BCUT2D eigenvalue weighted by atomic mass is 10.0. The SMILES string of the molecule is CCC(c1nnnn1C(C)(C)C)N(Cc1ccc(C)cc1)Cc1cc2c(C)cc(C)cc2[nH]c1=O. The van der Waals surface area contributed by atoms with Gasteiger partial charge in [-0.3, -0.25) is 9.69 Å². The van der Waals surface area contributed by atoms with Crippen LogP contribution in [0.2, 0.25) is 0 Å². The average Bonchev–Trinajstić information content (AvgIpc) is 3.27. The van der Waals surface area contributed by atoms with E-state index in [-0.39, 0.29) is 17.1 Å². The molecule has 1 N–H and O–H groups in total. The Morgan fingerprint density at radius 3 is 2.37 bits per heavy atom. The summed E-state index contributed by atoms with van der Waals surface area (Å²) in [6, 6.07) is 14.7. The van der Waals surface area contributed by atoms with Crippen molar-refractivity contribution >= 4 is 10.9 Å². The van der Waals surface area contributed by atoms with Crippen LogP contribution in [0.5, 0.6) is 0 Å². The number of H-pyrrole nitrogens is 1. The van der Waals surface area contributed by atoms with Crippen LogP contribution in [0.1, 0.15) is 73.8 Å². The van der Waals surface area contributed by atoms with Gasteiger partial charge in [-0.15, -0.1) is 5.10 Å². The molecule has 0 aliphatic heterocycles. The number of fused-ring (bicyclic) bond motifs is 1. The highest BCUT2D eigenvalue weighted by Gasteiger charge is 2.29. The van der Waals surface area contributed by atoms with Crippen LogP contribution >= 0.6 is 0 Å². The van der Waals surface area contributed by atoms with E-state index in [4.69, 9.17) is 0 Å². The highest BCUT2D eigenvalue weighted by atomic mass is 16.1. The Hall–Kier alpha value is -3.32. The molecule has 0 fully saturated rings. The summed E-state index contributed by atoms with van der Waals surface area (Å²) in [6.45, 7) is 15.8. The quantitative estimate of drug-likeness (QED) is 0.392. The second kappa shape index (κ2) is 9.74. The molecule has 0 aliphatic carbocycles. The Labute approximate surface area is 207 Å². The van der Waals surface area contributed by atoms with Crippen molar-refractivity contribution in [2.24, 2.45) is 0 Å². The van der Waals surface area contributed by atoms with Gasteiger partial charge in [-0.05, 0) is 87.2 Å². The van der Waals surface area contributed by atoms with Crippen molar-refractivity contribution in [3.8, 4) is 0 Å². The maximum Gasteiger partial charge on any atom is 0.252 e. The van der Waals surface area contributed by atoms with E-state index in [0.717, 1.165) is 39.8 Å². The van der Waals surface area contributed by atoms with Crippen molar-refractivity contribution in [1.82, 2.24) is 30.1 Å². The van der Waals surface area contributed by atoms with Gasteiger partial charge >= 0.3 is 0 Å². The fourth-order valence-corrected chi connectivity index (χ4v) is 4.74. The molecule has 2 aromatic carbocycles. The second-order valence-corrected chi connectivity index (χ2v) is 10.6. The van der Waals surface area contributed by atoms with Gasteiger partial charge in [-0.2, -0.15) is 0 Å². The Balaban J connectivity index is 1.79. The number of aryl methyl sites for hydroxylation is 3. The van der Waals surface area contributed by atoms with Crippen LogP contribution in [0.3, 0.4) is 0 Å². The molecule has 0 aliphatic rings. The second-order valence-electron chi connectivity index (χ2n) is 10.6. The number of hydrogen-bond donors (Lipinski definition) is 1. The molecule has 2 heterocycles. The first kappa shape index (κ1) is 24.8. The molecule has 4 rings (SSSR count). The third kappa shape index (κ3) is 5.35. The van der Waals surface area contributed by atoms with E-state index in [1.807, 2.05) is 23.7 Å². The molecular weight excluding hydrogens is 436 g/mol. The summed E-state index contributed by atoms with van der Waals surface area (Å²) < 4.78 is 1.90. The number of benzene rings is 2. The number of aromatic amines is 1. The van der Waals surface area contributed by atoms with Crippen molar-refractivity contribution in [1.29, 1.82) is 0 Å². The number of nitrogens with one attached hydrogen (secondary N) is 1. The van der Waals surface area contributed by atoms with E-state index in [1.165, 1.54) is 11.1 Å². The van der Waals surface area contributed by atoms with E-state index in [2.05, 4.69) is 97.3 Å². The van der Waals surface area contributed by atoms with Crippen LogP contribution in [0, 0.1) is 20.8 Å². The van der Waals surface area contributed by atoms with Crippen LogP contribution in [0.15, 0.2) is 47.3 Å². The molecule has 4 aromatic rings. The first-order chi connectivity index (χ1) is 16.6. The van der Waals surface area contributed by atoms with Crippen molar-refractivity contribution in [3.05, 3.63) is 86.5 Å². The zero-order valence-electron chi connectivity index (χ0n) is 21.9. The normalized spacial score (nSPS) is 13.0. The number of rotatable bonds is 7. The number of pyridine rings is 1. The smallest absolute Gasteiger partial charge is 0.252 e. The van der Waals surface area contributed by atoms with Crippen LogP contribution in [0.25, 0.3) is 10.9 Å². The summed E-state index contributed by atoms with van der Waals surface area (Å²) in [5, 5.41) is 13.8. The molecule has 1 unspecified atom stereocenters. The van der Waals surface area contributed by atoms with Gasteiger partial charge in [-0.25, -0.2) is 4.68 Å². The lowest BCUT2D eigenvalue weighted by molar-refractivity contribution is 0.153. The highest BCUT2D eigenvalue weighted by Crippen LogP contribution is 2.29. The third-order valence-corrected chi connectivity index (χ3v) is 6.52. The molecule has 1 atom stereocenters. The van der Waals surface area contributed by atoms with Crippen LogP contribution in [-0.2, 0) is 18.6 Å². The first-order valence-corrected chi connectivity index (χ1v) is 12.3. The number of hydrogen-bond acceptors (Lipinski definition) is 5. The van der Waals surface area contributed by atoms with Crippen LogP contribution in [-0.4, -0.2) is 30.1 Å². The topological polar surface area (TPSA) is 79.7 Å². The lowest BCUT2D eigenvalue weighted by Gasteiger charge is -2.32. The van der Waals surface area contributed by atoms with E-state index in [9.17, 15) is 4.79 Å². The van der Waals surface area contributed by atoms with Gasteiger partial charge in [0.15, 0.2) is 5.82 Å². The minimum Gasteiger partial charge on any atom is -0.322 e. The van der Waals surface area contributed by atoms with Crippen LogP contribution < -0.4 is 5.56 Å². The predicted octanol–water partition coefficient (Wildman–Crippen LogP) is 5.35. The van der Waals surface area contributed by atoms with Gasteiger partial charge in [-0.1, -0.05) is 42.8 Å². The number of tetrazole rings is 1.